The molecule has 5 nitrogen and oxygen atoms in total. The highest BCUT2D eigenvalue weighted by atomic mass is 35.5. The molecule has 0 bridgehead atoms. The number of hydrogen-bond acceptors (Lipinski definition) is 4. The molecular formula is C14H10AlClO5S. The van der Waals surface area contributed by atoms with E-state index in [2.05, 4.69) is 0 Å². The summed E-state index contributed by atoms with van der Waals surface area (Å²) in [4.78, 5) is 24.2. The molecule has 0 saturated carbocycles. The predicted octanol–water partition coefficient (Wildman–Crippen LogP) is 1.18. The first-order valence-electron chi connectivity index (χ1n) is 5.81. The van der Waals surface area contributed by atoms with Crippen LogP contribution in [0.15, 0.2) is 41.3 Å². The quantitative estimate of drug-likeness (QED) is 0.525. The minimum absolute atomic E-state index is 0. The number of rotatable bonds is 1. The fourth-order valence-electron chi connectivity index (χ4n) is 2.33. The van der Waals surface area contributed by atoms with Crippen LogP contribution in [0, 0.1) is 0 Å². The van der Waals surface area contributed by atoms with Crippen molar-refractivity contribution < 1.29 is 22.6 Å². The number of benzene rings is 2. The highest BCUT2D eigenvalue weighted by Gasteiger charge is 2.33. The molecule has 112 valence electrons. The molecule has 1 aliphatic rings. The highest BCUT2D eigenvalue weighted by molar-refractivity contribution is 7.86. The van der Waals surface area contributed by atoms with Crippen molar-refractivity contribution in [2.75, 3.05) is 0 Å². The van der Waals surface area contributed by atoms with E-state index >= 15 is 0 Å². The van der Waals surface area contributed by atoms with Crippen LogP contribution in [0.5, 0.6) is 0 Å². The SMILES string of the molecule is O=C1c2ccccc2C(=O)c2c1ccc(S(=O)(=O)O)c2Cl.[AlH3]. The lowest BCUT2D eigenvalue weighted by Crippen LogP contribution is -2.22. The summed E-state index contributed by atoms with van der Waals surface area (Å²) in [6, 6.07) is 8.40. The van der Waals surface area contributed by atoms with Gasteiger partial charge in [0.2, 0.25) is 0 Å². The van der Waals surface area contributed by atoms with Crippen LogP contribution in [-0.4, -0.2) is 41.9 Å². The maximum Gasteiger partial charge on any atom is 0.296 e. The minimum atomic E-state index is -4.58. The number of ketones is 2. The van der Waals surface area contributed by atoms with Gasteiger partial charge >= 0.3 is 0 Å². The van der Waals surface area contributed by atoms with E-state index in [1.54, 1.807) is 12.1 Å². The van der Waals surface area contributed by atoms with Gasteiger partial charge in [0, 0.05) is 16.7 Å². The monoisotopic (exact) mass is 352 g/mol. The van der Waals surface area contributed by atoms with Crippen molar-refractivity contribution >= 4 is 50.6 Å². The fraction of sp³-hybridized carbons (Fsp3) is 0. The van der Waals surface area contributed by atoms with Crippen molar-refractivity contribution in [3.63, 3.8) is 0 Å². The highest BCUT2D eigenvalue weighted by Crippen LogP contribution is 2.35. The Balaban J connectivity index is 0.00000176. The summed E-state index contributed by atoms with van der Waals surface area (Å²) in [6.07, 6.45) is 0. The first-order valence-corrected chi connectivity index (χ1v) is 7.62. The minimum Gasteiger partial charge on any atom is -0.289 e. The molecular weight excluding hydrogens is 343 g/mol. The van der Waals surface area contributed by atoms with E-state index < -0.39 is 31.6 Å². The molecule has 0 aliphatic heterocycles. The molecule has 0 amide bonds. The van der Waals surface area contributed by atoms with Crippen LogP contribution < -0.4 is 0 Å². The van der Waals surface area contributed by atoms with Crippen molar-refractivity contribution in [3.8, 4) is 0 Å². The Morgan fingerprint density at radius 1 is 0.864 bits per heavy atom. The molecule has 2 aromatic rings. The van der Waals surface area contributed by atoms with Crippen molar-refractivity contribution in [1.29, 1.82) is 0 Å². The van der Waals surface area contributed by atoms with Crippen LogP contribution >= 0.6 is 11.6 Å². The van der Waals surface area contributed by atoms with Crippen molar-refractivity contribution in [3.05, 3.63) is 63.7 Å². The third-order valence-electron chi connectivity index (χ3n) is 3.27. The lowest BCUT2D eigenvalue weighted by atomic mass is 9.84. The van der Waals surface area contributed by atoms with Gasteiger partial charge in [-0.15, -0.1) is 0 Å². The molecule has 0 atom stereocenters. The Morgan fingerprint density at radius 3 is 1.95 bits per heavy atom. The average molecular weight is 353 g/mol. The molecule has 8 heteroatoms. The third-order valence-corrected chi connectivity index (χ3v) is 4.67. The van der Waals surface area contributed by atoms with Crippen LogP contribution in [0.1, 0.15) is 31.8 Å². The lowest BCUT2D eigenvalue weighted by molar-refractivity contribution is 0.0979. The molecule has 0 heterocycles. The van der Waals surface area contributed by atoms with E-state index in [0.29, 0.717) is 0 Å². The molecule has 22 heavy (non-hydrogen) atoms. The maximum absolute atomic E-state index is 12.4. The van der Waals surface area contributed by atoms with Crippen LogP contribution in [-0.2, 0) is 10.1 Å². The summed E-state index contributed by atoms with van der Waals surface area (Å²) in [5, 5.41) is -0.442. The second kappa shape index (κ2) is 5.61. The molecule has 0 aromatic heterocycles. The topological polar surface area (TPSA) is 88.5 Å². The molecule has 1 aliphatic carbocycles. The van der Waals surface area contributed by atoms with E-state index in [1.807, 2.05) is 0 Å². The summed E-state index contributed by atoms with van der Waals surface area (Å²) in [5.41, 5.74) is 0.224. The molecule has 0 fully saturated rings. The van der Waals surface area contributed by atoms with Gasteiger partial charge in [-0.1, -0.05) is 35.9 Å². The van der Waals surface area contributed by atoms with E-state index in [0.717, 1.165) is 6.07 Å². The Bertz CT molecular complexity index is 921. The van der Waals surface area contributed by atoms with Gasteiger partial charge in [0.1, 0.15) is 4.90 Å². The van der Waals surface area contributed by atoms with Gasteiger partial charge < -0.3 is 0 Å². The van der Waals surface area contributed by atoms with E-state index in [1.165, 1.54) is 18.2 Å². The number of carbonyl (C=O) groups excluding carboxylic acids is 2. The summed E-state index contributed by atoms with van der Waals surface area (Å²) in [5.74, 6) is -0.959. The first kappa shape index (κ1) is 16.9. The average Bonchev–Trinajstić information content (AvgIpc) is 2.43. The van der Waals surface area contributed by atoms with Gasteiger partial charge in [0.25, 0.3) is 10.1 Å². The van der Waals surface area contributed by atoms with Crippen molar-refractivity contribution in [2.24, 2.45) is 0 Å². The van der Waals surface area contributed by atoms with Gasteiger partial charge in [-0.2, -0.15) is 8.42 Å². The summed E-state index contributed by atoms with van der Waals surface area (Å²) < 4.78 is 31.6. The molecule has 0 saturated heterocycles. The third kappa shape index (κ3) is 2.41. The van der Waals surface area contributed by atoms with Crippen LogP contribution in [0.2, 0.25) is 5.02 Å². The van der Waals surface area contributed by atoms with Gasteiger partial charge in [-0.05, 0) is 12.1 Å². The van der Waals surface area contributed by atoms with E-state index in [-0.39, 0.29) is 39.6 Å². The number of hydrogen-bond donors (Lipinski definition) is 1. The Labute approximate surface area is 141 Å². The largest absolute Gasteiger partial charge is 0.296 e. The molecule has 0 unspecified atom stereocenters. The zero-order valence-corrected chi connectivity index (χ0v) is 11.9. The fourth-order valence-corrected chi connectivity index (χ4v) is 3.44. The zero-order chi connectivity index (χ0) is 15.4. The van der Waals surface area contributed by atoms with Gasteiger partial charge in [-0.3, -0.25) is 14.1 Å². The number of halogens is 1. The second-order valence-corrected chi connectivity index (χ2v) is 6.25. The van der Waals surface area contributed by atoms with Crippen LogP contribution in [0.3, 0.4) is 0 Å². The van der Waals surface area contributed by atoms with Gasteiger partial charge in [0.15, 0.2) is 28.9 Å². The van der Waals surface area contributed by atoms with Gasteiger partial charge in [-0.25, -0.2) is 0 Å². The Kier molecular flexibility index (Phi) is 4.31. The second-order valence-electron chi connectivity index (χ2n) is 4.48. The van der Waals surface area contributed by atoms with Gasteiger partial charge in [0.05, 0.1) is 10.6 Å². The Morgan fingerprint density at radius 2 is 1.41 bits per heavy atom. The predicted molar refractivity (Wildman–Crippen MR) is 84.5 cm³/mol. The molecule has 0 spiro atoms. The summed E-state index contributed by atoms with van der Waals surface area (Å²) in [6.45, 7) is 0. The number of fused-ring (bicyclic) bond motifs is 2. The zero-order valence-electron chi connectivity index (χ0n) is 10.3. The lowest BCUT2D eigenvalue weighted by Gasteiger charge is -2.19. The maximum atomic E-state index is 12.4. The number of carbonyl (C=O) groups is 2. The smallest absolute Gasteiger partial charge is 0.289 e. The normalized spacial score (nSPS) is 13.2. The standard InChI is InChI=1S/C14H7ClO5S.Al.3H/c15-12-10(21(18,19)20)6-5-9-11(12)14(17)8-4-2-1-3-7(8)13(9)16;;;;/h1-6H,(H,18,19,20);;;;. The first-order chi connectivity index (χ1) is 9.82. The summed E-state index contributed by atoms with van der Waals surface area (Å²) >= 11 is 5.93. The van der Waals surface area contributed by atoms with Crippen LogP contribution in [0.25, 0.3) is 0 Å². The molecule has 1 N–H and O–H groups in total. The molecule has 2 aromatic carbocycles. The molecule has 3 rings (SSSR count). The van der Waals surface area contributed by atoms with Crippen molar-refractivity contribution in [2.45, 2.75) is 4.90 Å². The van der Waals surface area contributed by atoms with Crippen molar-refractivity contribution in [1.82, 2.24) is 0 Å². The Hall–Kier alpha value is -1.49. The van der Waals surface area contributed by atoms with E-state index in [9.17, 15) is 18.0 Å². The van der Waals surface area contributed by atoms with Crippen LogP contribution in [0.4, 0.5) is 0 Å². The summed E-state index contributed by atoms with van der Waals surface area (Å²) in [7, 11) is -4.58. The van der Waals surface area contributed by atoms with E-state index in [4.69, 9.17) is 16.2 Å². The molecule has 0 radical (unpaired) electrons.